The number of piperazine rings is 1. The number of benzene rings is 1. The molecule has 2 aliphatic rings. The van der Waals surface area contributed by atoms with Crippen molar-refractivity contribution in [3.63, 3.8) is 0 Å². The van der Waals surface area contributed by atoms with E-state index in [1.165, 1.54) is 11.1 Å². The average molecular weight is 393 g/mol. The van der Waals surface area contributed by atoms with Crippen LogP contribution in [0.2, 0.25) is 0 Å². The maximum atomic E-state index is 13.4. The van der Waals surface area contributed by atoms with Crippen LogP contribution in [0.15, 0.2) is 30.3 Å². The van der Waals surface area contributed by atoms with E-state index >= 15 is 0 Å². The number of rotatable bonds is 3. The molecule has 1 aliphatic carbocycles. The Morgan fingerprint density at radius 1 is 0.966 bits per heavy atom. The van der Waals surface area contributed by atoms with E-state index < -0.39 is 0 Å². The van der Waals surface area contributed by atoms with Crippen LogP contribution in [0.4, 0.5) is 5.82 Å². The lowest BCUT2D eigenvalue weighted by molar-refractivity contribution is -0.134. The summed E-state index contributed by atoms with van der Waals surface area (Å²) in [5.74, 6) is 2.07. The summed E-state index contributed by atoms with van der Waals surface area (Å²) in [6, 6.07) is 10.8. The Morgan fingerprint density at radius 3 is 2.10 bits per heavy atom. The van der Waals surface area contributed by atoms with Crippen LogP contribution in [0.3, 0.4) is 0 Å². The largest absolute Gasteiger partial charge is 0.353 e. The molecule has 0 atom stereocenters. The minimum atomic E-state index is -0.291. The third kappa shape index (κ3) is 3.87. The first kappa shape index (κ1) is 19.9. The molecule has 1 amide bonds. The zero-order valence-electron chi connectivity index (χ0n) is 18.3. The van der Waals surface area contributed by atoms with Crippen molar-refractivity contribution < 1.29 is 4.79 Å². The van der Waals surface area contributed by atoms with Crippen molar-refractivity contribution >= 4 is 11.7 Å². The zero-order valence-corrected chi connectivity index (χ0v) is 18.3. The normalized spacial score (nSPS) is 18.7. The van der Waals surface area contributed by atoms with Crippen LogP contribution >= 0.6 is 0 Å². The molecule has 0 radical (unpaired) electrons. The van der Waals surface area contributed by atoms with Crippen molar-refractivity contribution in [2.75, 3.05) is 31.1 Å². The lowest BCUT2D eigenvalue weighted by Crippen LogP contribution is -2.51. The van der Waals surface area contributed by atoms with Gasteiger partial charge in [0.25, 0.3) is 0 Å². The van der Waals surface area contributed by atoms with Crippen molar-refractivity contribution in [2.24, 2.45) is 0 Å². The molecule has 2 heterocycles. The third-order valence-electron chi connectivity index (χ3n) is 6.31. The molecule has 29 heavy (non-hydrogen) atoms. The minimum absolute atomic E-state index is 0.132. The van der Waals surface area contributed by atoms with E-state index in [0.29, 0.717) is 5.91 Å². The second kappa shape index (κ2) is 7.12. The van der Waals surface area contributed by atoms with Crippen molar-refractivity contribution in [1.29, 1.82) is 0 Å². The van der Waals surface area contributed by atoms with E-state index in [1.54, 1.807) is 0 Å². The summed E-state index contributed by atoms with van der Waals surface area (Å²) >= 11 is 0. The first-order chi connectivity index (χ1) is 13.7. The zero-order chi connectivity index (χ0) is 20.8. The van der Waals surface area contributed by atoms with Gasteiger partial charge in [-0.05, 0) is 43.2 Å². The van der Waals surface area contributed by atoms with Gasteiger partial charge in [-0.3, -0.25) is 4.79 Å². The van der Waals surface area contributed by atoms with Crippen LogP contribution < -0.4 is 4.90 Å². The molecule has 4 rings (SSSR count). The Bertz CT molecular complexity index is 881. The SMILES string of the molecule is Cc1cc(N2CCN(C(=O)C3(c4ccc(C(C)(C)C)cc4)CC3)CC2)nc(C)n1. The molecule has 1 saturated heterocycles. The number of nitrogens with zero attached hydrogens (tertiary/aromatic N) is 4. The van der Waals surface area contributed by atoms with E-state index in [9.17, 15) is 4.79 Å². The van der Waals surface area contributed by atoms with Crippen LogP contribution in [0.25, 0.3) is 0 Å². The molecular formula is C24H32N4O. The molecule has 5 heteroatoms. The number of amides is 1. The predicted molar refractivity (Wildman–Crippen MR) is 116 cm³/mol. The predicted octanol–water partition coefficient (Wildman–Crippen LogP) is 3.77. The monoisotopic (exact) mass is 392 g/mol. The minimum Gasteiger partial charge on any atom is -0.353 e. The Morgan fingerprint density at radius 2 is 1.59 bits per heavy atom. The fraction of sp³-hybridized carbons (Fsp3) is 0.542. The lowest BCUT2D eigenvalue weighted by atomic mass is 9.84. The number of hydrogen-bond donors (Lipinski definition) is 0. The standard InChI is InChI=1S/C24H32N4O/c1-17-16-21(26-18(2)25-17)27-12-14-28(15-13-27)22(29)24(10-11-24)20-8-6-19(7-9-20)23(3,4)5/h6-9,16H,10-15H2,1-5H3. The Kier molecular flexibility index (Phi) is 4.88. The van der Waals surface area contributed by atoms with Gasteiger partial charge in [-0.25, -0.2) is 9.97 Å². The summed E-state index contributed by atoms with van der Waals surface area (Å²) < 4.78 is 0. The number of aromatic nitrogens is 2. The maximum absolute atomic E-state index is 13.4. The second-order valence-electron chi connectivity index (χ2n) is 9.60. The van der Waals surface area contributed by atoms with E-state index in [2.05, 4.69) is 64.8 Å². The fourth-order valence-electron chi connectivity index (χ4n) is 4.34. The van der Waals surface area contributed by atoms with Crippen molar-refractivity contribution in [3.8, 4) is 0 Å². The highest BCUT2D eigenvalue weighted by Gasteiger charge is 2.53. The van der Waals surface area contributed by atoms with Crippen LogP contribution in [-0.2, 0) is 15.6 Å². The molecule has 154 valence electrons. The summed E-state index contributed by atoms with van der Waals surface area (Å²) in [7, 11) is 0. The summed E-state index contributed by atoms with van der Waals surface area (Å²) in [5, 5.41) is 0. The van der Waals surface area contributed by atoms with Gasteiger partial charge in [0.05, 0.1) is 5.41 Å². The van der Waals surface area contributed by atoms with Crippen molar-refractivity contribution in [3.05, 3.63) is 53.0 Å². The molecule has 0 spiro atoms. The molecule has 0 bridgehead atoms. The quantitative estimate of drug-likeness (QED) is 0.798. The summed E-state index contributed by atoms with van der Waals surface area (Å²) in [5.41, 5.74) is 3.32. The van der Waals surface area contributed by atoms with E-state index in [4.69, 9.17) is 0 Å². The Balaban J connectivity index is 1.44. The van der Waals surface area contributed by atoms with Gasteiger partial charge in [0.1, 0.15) is 11.6 Å². The molecule has 0 N–H and O–H groups in total. The van der Waals surface area contributed by atoms with E-state index in [-0.39, 0.29) is 10.8 Å². The Hall–Kier alpha value is -2.43. The smallest absolute Gasteiger partial charge is 0.233 e. The number of carbonyl (C=O) groups excluding carboxylic acids is 1. The molecular weight excluding hydrogens is 360 g/mol. The highest BCUT2D eigenvalue weighted by Crippen LogP contribution is 2.50. The van der Waals surface area contributed by atoms with Gasteiger partial charge in [0.2, 0.25) is 5.91 Å². The molecule has 1 aromatic carbocycles. The van der Waals surface area contributed by atoms with Crippen molar-refractivity contribution in [2.45, 2.75) is 58.3 Å². The molecule has 1 aromatic heterocycles. The van der Waals surface area contributed by atoms with Gasteiger partial charge < -0.3 is 9.80 Å². The van der Waals surface area contributed by atoms with Gasteiger partial charge >= 0.3 is 0 Å². The molecule has 1 aliphatic heterocycles. The maximum Gasteiger partial charge on any atom is 0.233 e. The van der Waals surface area contributed by atoms with Crippen LogP contribution in [0.5, 0.6) is 0 Å². The summed E-state index contributed by atoms with van der Waals surface area (Å²) in [6.07, 6.45) is 1.93. The number of hydrogen-bond acceptors (Lipinski definition) is 4. The molecule has 2 fully saturated rings. The van der Waals surface area contributed by atoms with Gasteiger partial charge in [-0.2, -0.15) is 0 Å². The first-order valence-electron chi connectivity index (χ1n) is 10.7. The van der Waals surface area contributed by atoms with E-state index in [1.807, 2.05) is 19.9 Å². The van der Waals surface area contributed by atoms with Crippen LogP contribution in [0, 0.1) is 13.8 Å². The van der Waals surface area contributed by atoms with Gasteiger partial charge in [0, 0.05) is 37.9 Å². The summed E-state index contributed by atoms with van der Waals surface area (Å²) in [4.78, 5) is 26.7. The van der Waals surface area contributed by atoms with E-state index in [0.717, 1.165) is 56.4 Å². The molecule has 0 unspecified atom stereocenters. The number of aryl methyl sites for hydroxylation is 2. The van der Waals surface area contributed by atoms with Crippen molar-refractivity contribution in [1.82, 2.24) is 14.9 Å². The second-order valence-corrected chi connectivity index (χ2v) is 9.60. The first-order valence-corrected chi connectivity index (χ1v) is 10.7. The third-order valence-corrected chi connectivity index (χ3v) is 6.31. The number of anilines is 1. The molecule has 2 aromatic rings. The summed E-state index contributed by atoms with van der Waals surface area (Å²) in [6.45, 7) is 13.7. The Labute approximate surface area is 174 Å². The fourth-order valence-corrected chi connectivity index (χ4v) is 4.34. The van der Waals surface area contributed by atoms with Gasteiger partial charge in [0.15, 0.2) is 0 Å². The molecule has 5 nitrogen and oxygen atoms in total. The molecule has 1 saturated carbocycles. The highest BCUT2D eigenvalue weighted by atomic mass is 16.2. The van der Waals surface area contributed by atoms with Crippen LogP contribution in [0.1, 0.15) is 56.3 Å². The number of carbonyl (C=O) groups is 1. The van der Waals surface area contributed by atoms with Crippen LogP contribution in [-0.4, -0.2) is 47.0 Å². The average Bonchev–Trinajstić information content (AvgIpc) is 3.48. The lowest BCUT2D eigenvalue weighted by Gasteiger charge is -2.37. The van der Waals surface area contributed by atoms with Gasteiger partial charge in [-0.1, -0.05) is 45.0 Å². The highest BCUT2D eigenvalue weighted by molar-refractivity contribution is 5.91. The topological polar surface area (TPSA) is 49.3 Å². The van der Waals surface area contributed by atoms with Gasteiger partial charge in [-0.15, -0.1) is 0 Å².